The van der Waals surface area contributed by atoms with Gasteiger partial charge < -0.3 is 4.42 Å². The molecule has 0 aliphatic carbocycles. The number of aryl methyl sites for hydroxylation is 1. The fourth-order valence-electron chi connectivity index (χ4n) is 2.92. The Morgan fingerprint density at radius 1 is 1.00 bits per heavy atom. The van der Waals surface area contributed by atoms with Crippen molar-refractivity contribution in [1.29, 1.82) is 0 Å². The van der Waals surface area contributed by atoms with Crippen molar-refractivity contribution in [2.75, 3.05) is 0 Å². The van der Waals surface area contributed by atoms with Gasteiger partial charge in [-0.25, -0.2) is 19.9 Å². The van der Waals surface area contributed by atoms with Crippen molar-refractivity contribution >= 4 is 22.3 Å². The Morgan fingerprint density at radius 3 is 2.70 bits per heavy atom. The molecule has 0 spiro atoms. The minimum atomic E-state index is 0.570. The highest BCUT2D eigenvalue weighted by molar-refractivity contribution is 7.18. The van der Waals surface area contributed by atoms with Crippen LogP contribution in [0.5, 0.6) is 0 Å². The summed E-state index contributed by atoms with van der Waals surface area (Å²) < 4.78 is 5.65. The van der Waals surface area contributed by atoms with E-state index in [0.29, 0.717) is 11.5 Å². The topological polar surface area (TPSA) is 77.6 Å². The van der Waals surface area contributed by atoms with Crippen molar-refractivity contribution in [3.63, 3.8) is 0 Å². The van der Waals surface area contributed by atoms with E-state index in [0.717, 1.165) is 37.8 Å². The summed E-state index contributed by atoms with van der Waals surface area (Å²) in [5.74, 6) is 0.570. The number of pyridine rings is 2. The van der Waals surface area contributed by atoms with Crippen LogP contribution < -0.4 is 0 Å². The third kappa shape index (κ3) is 2.78. The van der Waals surface area contributed by atoms with Crippen LogP contribution in [0, 0.1) is 6.92 Å². The summed E-state index contributed by atoms with van der Waals surface area (Å²) in [5, 5.41) is 1.80. The quantitative estimate of drug-likeness (QED) is 0.454. The van der Waals surface area contributed by atoms with Crippen molar-refractivity contribution in [1.82, 2.24) is 24.9 Å². The molecule has 5 rings (SSSR count). The fraction of sp³-hybridized carbons (Fsp3) is 0.0500. The lowest BCUT2D eigenvalue weighted by Crippen LogP contribution is -1.93. The maximum atomic E-state index is 5.65. The Morgan fingerprint density at radius 2 is 1.89 bits per heavy atom. The third-order valence-corrected chi connectivity index (χ3v) is 5.39. The van der Waals surface area contributed by atoms with E-state index in [1.807, 2.05) is 37.4 Å². The average molecular weight is 371 g/mol. The van der Waals surface area contributed by atoms with Gasteiger partial charge in [0.2, 0.25) is 0 Å². The number of hydrogen-bond donors (Lipinski definition) is 0. The lowest BCUT2D eigenvalue weighted by Gasteiger charge is -2.04. The molecule has 0 aliphatic rings. The second kappa shape index (κ2) is 6.37. The number of nitrogens with zero attached hydrogens (tertiary/aromatic N) is 5. The van der Waals surface area contributed by atoms with Gasteiger partial charge in [0.1, 0.15) is 16.3 Å². The van der Waals surface area contributed by atoms with Gasteiger partial charge in [0.05, 0.1) is 22.5 Å². The lowest BCUT2D eigenvalue weighted by molar-refractivity contribution is 0.616. The van der Waals surface area contributed by atoms with Gasteiger partial charge in [0, 0.05) is 41.8 Å². The monoisotopic (exact) mass is 371 g/mol. The van der Waals surface area contributed by atoms with Crippen LogP contribution in [0.1, 0.15) is 5.69 Å². The van der Waals surface area contributed by atoms with Crippen molar-refractivity contribution in [2.24, 2.45) is 0 Å². The number of furan rings is 1. The average Bonchev–Trinajstić information content (AvgIpc) is 3.35. The lowest BCUT2D eigenvalue weighted by atomic mass is 10.2. The summed E-state index contributed by atoms with van der Waals surface area (Å²) in [4.78, 5) is 23.4. The summed E-state index contributed by atoms with van der Waals surface area (Å²) in [6, 6.07) is 9.52. The van der Waals surface area contributed by atoms with E-state index in [1.54, 1.807) is 42.3 Å². The largest absolute Gasteiger partial charge is 0.464 e. The molecule has 0 unspecified atom stereocenters. The van der Waals surface area contributed by atoms with E-state index in [4.69, 9.17) is 14.4 Å². The predicted octanol–water partition coefficient (Wildman–Crippen LogP) is 4.78. The van der Waals surface area contributed by atoms with E-state index < -0.39 is 0 Å². The molecule has 7 heteroatoms. The molecule has 6 nitrogen and oxygen atoms in total. The first kappa shape index (κ1) is 15.8. The van der Waals surface area contributed by atoms with Crippen molar-refractivity contribution in [3.05, 3.63) is 67.1 Å². The summed E-state index contributed by atoms with van der Waals surface area (Å²) in [5.41, 5.74) is 4.15. The molecule has 0 aliphatic heterocycles. The standard InChI is InChI=1S/C20H13N5OS/c1-12-18(27-20(24-12)13-4-2-6-21-11-13)15-10-16-14(5-9-26-16)17(25-15)19-22-7-3-8-23-19/h2-11H,1H3. The molecule has 0 fully saturated rings. The Bertz CT molecular complexity index is 1230. The van der Waals surface area contributed by atoms with Gasteiger partial charge in [-0.05, 0) is 31.2 Å². The molecule has 5 aromatic rings. The predicted molar refractivity (Wildman–Crippen MR) is 104 cm³/mol. The van der Waals surface area contributed by atoms with Crippen LogP contribution in [0.15, 0.2) is 65.8 Å². The molecule has 0 N–H and O–H groups in total. The zero-order valence-electron chi connectivity index (χ0n) is 14.3. The molecule has 0 amide bonds. The number of fused-ring (bicyclic) bond motifs is 1. The normalized spacial score (nSPS) is 11.1. The van der Waals surface area contributed by atoms with Gasteiger partial charge in [-0.2, -0.15) is 0 Å². The smallest absolute Gasteiger partial charge is 0.178 e. The van der Waals surface area contributed by atoms with Gasteiger partial charge in [0.15, 0.2) is 5.82 Å². The maximum absolute atomic E-state index is 5.65. The highest BCUT2D eigenvalue weighted by atomic mass is 32.1. The number of rotatable bonds is 3. The van der Waals surface area contributed by atoms with Crippen LogP contribution in [-0.4, -0.2) is 24.9 Å². The van der Waals surface area contributed by atoms with E-state index in [9.17, 15) is 0 Å². The summed E-state index contributed by atoms with van der Waals surface area (Å²) >= 11 is 1.58. The van der Waals surface area contributed by atoms with Crippen LogP contribution in [0.4, 0.5) is 0 Å². The molecule has 0 saturated carbocycles. The highest BCUT2D eigenvalue weighted by Gasteiger charge is 2.18. The summed E-state index contributed by atoms with van der Waals surface area (Å²) in [6.45, 7) is 1.98. The Balaban J connectivity index is 1.69. The van der Waals surface area contributed by atoms with Crippen LogP contribution >= 0.6 is 11.3 Å². The van der Waals surface area contributed by atoms with Crippen LogP contribution in [0.3, 0.4) is 0 Å². The zero-order chi connectivity index (χ0) is 18.2. The summed E-state index contributed by atoms with van der Waals surface area (Å²) in [6.07, 6.45) is 8.64. The first-order valence-corrected chi connectivity index (χ1v) is 9.15. The van der Waals surface area contributed by atoms with E-state index in [1.165, 1.54) is 0 Å². The summed E-state index contributed by atoms with van der Waals surface area (Å²) in [7, 11) is 0. The van der Waals surface area contributed by atoms with Gasteiger partial charge in [-0.1, -0.05) is 0 Å². The van der Waals surface area contributed by atoms with Gasteiger partial charge >= 0.3 is 0 Å². The highest BCUT2D eigenvalue weighted by Crippen LogP contribution is 2.37. The van der Waals surface area contributed by atoms with E-state index >= 15 is 0 Å². The molecule has 0 atom stereocenters. The zero-order valence-corrected chi connectivity index (χ0v) is 15.1. The minimum Gasteiger partial charge on any atom is -0.464 e. The molecule has 0 radical (unpaired) electrons. The molecular formula is C20H13N5OS. The van der Waals surface area contributed by atoms with Gasteiger partial charge in [-0.15, -0.1) is 11.3 Å². The molecule has 0 bridgehead atoms. The van der Waals surface area contributed by atoms with Crippen LogP contribution in [0.25, 0.3) is 43.6 Å². The first-order valence-electron chi connectivity index (χ1n) is 8.33. The second-order valence-corrected chi connectivity index (χ2v) is 6.94. The van der Waals surface area contributed by atoms with Gasteiger partial charge in [-0.3, -0.25) is 4.98 Å². The van der Waals surface area contributed by atoms with Crippen molar-refractivity contribution in [2.45, 2.75) is 6.92 Å². The molecule has 130 valence electrons. The Kier molecular flexibility index (Phi) is 3.72. The molecule has 5 heterocycles. The molecular weight excluding hydrogens is 358 g/mol. The molecule has 5 aromatic heterocycles. The second-order valence-electron chi connectivity index (χ2n) is 5.94. The maximum Gasteiger partial charge on any atom is 0.178 e. The molecule has 0 saturated heterocycles. The SMILES string of the molecule is Cc1nc(-c2cccnc2)sc1-c1cc2occc2c(-c2ncccn2)n1. The number of aromatic nitrogens is 5. The van der Waals surface area contributed by atoms with E-state index in [-0.39, 0.29) is 0 Å². The third-order valence-electron chi connectivity index (χ3n) is 4.17. The molecule has 27 heavy (non-hydrogen) atoms. The van der Waals surface area contributed by atoms with Crippen LogP contribution in [-0.2, 0) is 0 Å². The molecule has 0 aromatic carbocycles. The minimum absolute atomic E-state index is 0.570. The van der Waals surface area contributed by atoms with Gasteiger partial charge in [0.25, 0.3) is 0 Å². The van der Waals surface area contributed by atoms with Crippen LogP contribution in [0.2, 0.25) is 0 Å². The Labute approximate surface area is 158 Å². The first-order chi connectivity index (χ1) is 13.3. The van der Waals surface area contributed by atoms with Crippen molar-refractivity contribution < 1.29 is 4.42 Å². The van der Waals surface area contributed by atoms with Crippen molar-refractivity contribution in [3.8, 4) is 32.7 Å². The fourth-order valence-corrected chi connectivity index (χ4v) is 3.94. The number of hydrogen-bond acceptors (Lipinski definition) is 7. The Hall–Kier alpha value is -3.45. The number of thiazole rings is 1. The van der Waals surface area contributed by atoms with E-state index in [2.05, 4.69) is 15.0 Å².